The van der Waals surface area contributed by atoms with Gasteiger partial charge < -0.3 is 5.32 Å². The predicted octanol–water partition coefficient (Wildman–Crippen LogP) is 2.85. The van der Waals surface area contributed by atoms with Crippen molar-refractivity contribution in [3.8, 4) is 12.3 Å². The van der Waals surface area contributed by atoms with Gasteiger partial charge in [-0.15, -0.1) is 12.3 Å². The lowest BCUT2D eigenvalue weighted by molar-refractivity contribution is 0.382. The van der Waals surface area contributed by atoms with Crippen LogP contribution < -0.4 is 5.32 Å². The van der Waals surface area contributed by atoms with Gasteiger partial charge in [0.1, 0.15) is 0 Å². The first kappa shape index (κ1) is 12.1. The molecule has 0 bridgehead atoms. The summed E-state index contributed by atoms with van der Waals surface area (Å²) in [5, 5.41) is 3.66. The van der Waals surface area contributed by atoms with E-state index in [1.807, 2.05) is 12.3 Å². The Hall–Kier alpha value is -1.33. The van der Waals surface area contributed by atoms with E-state index in [1.165, 1.54) is 24.1 Å². The Kier molecular flexibility index (Phi) is 4.17. The quantitative estimate of drug-likeness (QED) is 0.802. The predicted molar refractivity (Wildman–Crippen MR) is 70.6 cm³/mol. The summed E-state index contributed by atoms with van der Waals surface area (Å²) in [5.41, 5.74) is 2.63. The van der Waals surface area contributed by atoms with Crippen LogP contribution in [0, 0.1) is 12.3 Å². The van der Waals surface area contributed by atoms with Crippen LogP contribution >= 0.6 is 0 Å². The van der Waals surface area contributed by atoms with Gasteiger partial charge in [0.05, 0.1) is 11.7 Å². The first-order chi connectivity index (χ1) is 8.35. The largest absolute Gasteiger partial charge is 0.305 e. The van der Waals surface area contributed by atoms with Crippen molar-refractivity contribution in [2.75, 3.05) is 0 Å². The van der Waals surface area contributed by atoms with E-state index in [1.54, 1.807) is 0 Å². The normalized spacial score (nSPS) is 20.4. The number of nitrogens with zero attached hydrogens (tertiary/aromatic N) is 1. The molecule has 90 valence electrons. The minimum atomic E-state index is 0.387. The molecule has 1 aliphatic rings. The summed E-state index contributed by atoms with van der Waals surface area (Å²) in [4.78, 5) is 4.53. The van der Waals surface area contributed by atoms with Crippen molar-refractivity contribution < 1.29 is 0 Å². The van der Waals surface area contributed by atoms with Crippen LogP contribution in [-0.2, 0) is 6.42 Å². The van der Waals surface area contributed by atoms with Crippen molar-refractivity contribution in [1.82, 2.24) is 10.3 Å². The van der Waals surface area contributed by atoms with Crippen LogP contribution in [0.3, 0.4) is 0 Å². The van der Waals surface area contributed by atoms with Crippen molar-refractivity contribution in [2.45, 2.75) is 51.1 Å². The highest BCUT2D eigenvalue weighted by Crippen LogP contribution is 2.28. The molecule has 2 heteroatoms. The summed E-state index contributed by atoms with van der Waals surface area (Å²) in [6, 6.07) is 5.02. The van der Waals surface area contributed by atoms with Gasteiger partial charge in [0, 0.05) is 18.7 Å². The number of fused-ring (bicyclic) bond motifs is 1. The fourth-order valence-electron chi connectivity index (χ4n) is 2.52. The molecular weight excluding hydrogens is 208 g/mol. The van der Waals surface area contributed by atoms with E-state index in [2.05, 4.69) is 29.2 Å². The minimum absolute atomic E-state index is 0.387. The van der Waals surface area contributed by atoms with Gasteiger partial charge in [-0.2, -0.15) is 0 Å². The molecule has 0 fully saturated rings. The summed E-state index contributed by atoms with van der Waals surface area (Å²) in [7, 11) is 0. The van der Waals surface area contributed by atoms with Gasteiger partial charge in [-0.1, -0.05) is 13.0 Å². The van der Waals surface area contributed by atoms with Crippen LogP contribution in [0.1, 0.15) is 49.9 Å². The highest BCUT2D eigenvalue weighted by molar-refractivity contribution is 5.25. The highest BCUT2D eigenvalue weighted by atomic mass is 15.0. The molecule has 1 aromatic rings. The highest BCUT2D eigenvalue weighted by Gasteiger charge is 2.22. The third-order valence-corrected chi connectivity index (χ3v) is 3.49. The lowest BCUT2D eigenvalue weighted by Gasteiger charge is -2.28. The van der Waals surface area contributed by atoms with E-state index in [9.17, 15) is 0 Å². The van der Waals surface area contributed by atoms with Gasteiger partial charge in [-0.05, 0) is 37.3 Å². The Labute approximate surface area is 104 Å². The molecule has 0 radical (unpaired) electrons. The summed E-state index contributed by atoms with van der Waals surface area (Å²) in [6.07, 6.45) is 12.7. The topological polar surface area (TPSA) is 24.9 Å². The van der Waals surface area contributed by atoms with E-state index in [4.69, 9.17) is 6.42 Å². The number of rotatable bonds is 4. The zero-order valence-electron chi connectivity index (χ0n) is 10.4. The molecule has 1 aromatic heterocycles. The van der Waals surface area contributed by atoms with Gasteiger partial charge in [-0.3, -0.25) is 4.98 Å². The standard InChI is InChI=1S/C15H20N2/c1-3-7-13(4-2)17-14-10-5-8-12-9-6-11-16-15(12)14/h1,6,9,11,13-14,17H,4-5,7-8,10H2,2H3. The number of aromatic nitrogens is 1. The third-order valence-electron chi connectivity index (χ3n) is 3.49. The number of aryl methyl sites for hydroxylation is 1. The van der Waals surface area contributed by atoms with Crippen LogP contribution in [0.15, 0.2) is 18.3 Å². The van der Waals surface area contributed by atoms with Crippen LogP contribution in [0.2, 0.25) is 0 Å². The Morgan fingerprint density at radius 1 is 1.65 bits per heavy atom. The Morgan fingerprint density at radius 3 is 3.29 bits per heavy atom. The molecule has 2 atom stereocenters. The van der Waals surface area contributed by atoms with Crippen molar-refractivity contribution >= 4 is 0 Å². The van der Waals surface area contributed by atoms with Crippen LogP contribution in [0.5, 0.6) is 0 Å². The zero-order chi connectivity index (χ0) is 12.1. The van der Waals surface area contributed by atoms with E-state index in [0.29, 0.717) is 12.1 Å². The average molecular weight is 228 g/mol. The molecule has 0 aromatic carbocycles. The molecule has 0 amide bonds. The van der Waals surface area contributed by atoms with Gasteiger partial charge in [0.15, 0.2) is 0 Å². The van der Waals surface area contributed by atoms with E-state index in [-0.39, 0.29) is 0 Å². The molecule has 0 spiro atoms. The van der Waals surface area contributed by atoms with Crippen molar-refractivity contribution in [3.63, 3.8) is 0 Å². The molecule has 0 aliphatic heterocycles. The minimum Gasteiger partial charge on any atom is -0.305 e. The molecule has 0 saturated carbocycles. The van der Waals surface area contributed by atoms with Gasteiger partial charge in [0.25, 0.3) is 0 Å². The second kappa shape index (κ2) is 5.84. The molecule has 2 unspecified atom stereocenters. The summed E-state index contributed by atoms with van der Waals surface area (Å²) in [6.45, 7) is 2.18. The summed E-state index contributed by atoms with van der Waals surface area (Å²) in [5.74, 6) is 2.75. The Bertz CT molecular complexity index is 406. The average Bonchev–Trinajstić information content (AvgIpc) is 2.38. The van der Waals surface area contributed by atoms with Crippen molar-refractivity contribution in [2.24, 2.45) is 0 Å². The Balaban J connectivity index is 2.10. The third kappa shape index (κ3) is 2.87. The molecule has 17 heavy (non-hydrogen) atoms. The zero-order valence-corrected chi connectivity index (χ0v) is 10.4. The molecule has 1 heterocycles. The van der Waals surface area contributed by atoms with E-state index < -0.39 is 0 Å². The molecule has 1 aliphatic carbocycles. The fraction of sp³-hybridized carbons (Fsp3) is 0.533. The number of terminal acetylenes is 1. The number of nitrogens with one attached hydrogen (secondary N) is 1. The molecule has 1 N–H and O–H groups in total. The van der Waals surface area contributed by atoms with Gasteiger partial charge in [-0.25, -0.2) is 0 Å². The fourth-order valence-corrected chi connectivity index (χ4v) is 2.52. The maximum atomic E-state index is 5.40. The van der Waals surface area contributed by atoms with Gasteiger partial charge in [0.2, 0.25) is 0 Å². The van der Waals surface area contributed by atoms with E-state index in [0.717, 1.165) is 19.3 Å². The smallest absolute Gasteiger partial charge is 0.0605 e. The molecular formula is C15H20N2. The lowest BCUT2D eigenvalue weighted by atomic mass is 9.91. The Morgan fingerprint density at radius 2 is 2.53 bits per heavy atom. The lowest BCUT2D eigenvalue weighted by Crippen LogP contribution is -2.34. The van der Waals surface area contributed by atoms with Crippen LogP contribution in [-0.4, -0.2) is 11.0 Å². The number of pyridine rings is 1. The first-order valence-corrected chi connectivity index (χ1v) is 6.48. The number of hydrogen-bond acceptors (Lipinski definition) is 2. The SMILES string of the molecule is C#CCC(CC)NC1CCCc2cccnc21. The first-order valence-electron chi connectivity index (χ1n) is 6.48. The van der Waals surface area contributed by atoms with Gasteiger partial charge >= 0.3 is 0 Å². The molecule has 0 saturated heterocycles. The summed E-state index contributed by atoms with van der Waals surface area (Å²) < 4.78 is 0. The monoisotopic (exact) mass is 228 g/mol. The molecule has 2 nitrogen and oxygen atoms in total. The second-order valence-corrected chi connectivity index (χ2v) is 4.67. The summed E-state index contributed by atoms with van der Waals surface area (Å²) >= 11 is 0. The van der Waals surface area contributed by atoms with Crippen LogP contribution in [0.4, 0.5) is 0 Å². The van der Waals surface area contributed by atoms with Crippen molar-refractivity contribution in [3.05, 3.63) is 29.6 Å². The maximum Gasteiger partial charge on any atom is 0.0605 e. The second-order valence-electron chi connectivity index (χ2n) is 4.67. The maximum absolute atomic E-state index is 5.40. The van der Waals surface area contributed by atoms with Crippen molar-refractivity contribution in [1.29, 1.82) is 0 Å². The van der Waals surface area contributed by atoms with Crippen LogP contribution in [0.25, 0.3) is 0 Å². The number of hydrogen-bond donors (Lipinski definition) is 1. The van der Waals surface area contributed by atoms with E-state index >= 15 is 0 Å². The molecule has 2 rings (SSSR count).